The molecule has 0 spiro atoms. The van der Waals surface area contributed by atoms with Gasteiger partial charge in [-0.1, -0.05) is 19.1 Å². The number of piperazine rings is 1. The second-order valence-corrected chi connectivity index (χ2v) is 7.35. The third-order valence-corrected chi connectivity index (χ3v) is 5.49. The van der Waals surface area contributed by atoms with Gasteiger partial charge in [0.1, 0.15) is 0 Å². The Morgan fingerprint density at radius 1 is 1.16 bits per heavy atom. The van der Waals surface area contributed by atoms with Crippen LogP contribution in [0.3, 0.4) is 0 Å². The third-order valence-electron chi connectivity index (χ3n) is 5.49. The van der Waals surface area contributed by atoms with Gasteiger partial charge in [0.2, 0.25) is 11.8 Å². The number of benzene rings is 1. The van der Waals surface area contributed by atoms with E-state index in [1.54, 1.807) is 13.0 Å². The number of rotatable bonds is 4. The molecule has 0 aromatic heterocycles. The summed E-state index contributed by atoms with van der Waals surface area (Å²) in [6, 6.07) is 8.14. The minimum Gasteiger partial charge on any atom is -0.366 e. The average Bonchev–Trinajstić information content (AvgIpc) is 2.95. The normalized spacial score (nSPS) is 25.3. The monoisotopic (exact) mass is 344 g/mol. The van der Waals surface area contributed by atoms with E-state index in [2.05, 4.69) is 22.8 Å². The van der Waals surface area contributed by atoms with E-state index in [0.717, 1.165) is 51.4 Å². The minimum atomic E-state index is -0.377. The van der Waals surface area contributed by atoms with E-state index in [0.29, 0.717) is 17.5 Å². The molecule has 6 heteroatoms. The molecule has 2 aliphatic rings. The first-order valence-corrected chi connectivity index (χ1v) is 9.04. The van der Waals surface area contributed by atoms with Gasteiger partial charge in [0.25, 0.3) is 0 Å². The van der Waals surface area contributed by atoms with Crippen molar-refractivity contribution in [1.82, 2.24) is 14.7 Å². The van der Waals surface area contributed by atoms with Gasteiger partial charge in [-0.05, 0) is 23.6 Å². The standard InChI is InChI=1S/C19H28N4O2/c1-14-11-21(12-16-4-3-5-17(10-16)19(20)25)13-18(14)23-8-6-22(7-9-23)15(2)24/h3-5,10,14,18H,6-9,11-13H2,1-2H3,(H2,20,25)/t14-,18-/m1/s1. The Kier molecular flexibility index (Phi) is 5.39. The van der Waals surface area contributed by atoms with Crippen LogP contribution in [0.2, 0.25) is 0 Å². The number of hydrogen-bond donors (Lipinski definition) is 1. The molecule has 1 aromatic carbocycles. The number of nitrogens with two attached hydrogens (primary N) is 1. The molecule has 2 aliphatic heterocycles. The largest absolute Gasteiger partial charge is 0.366 e. The highest BCUT2D eigenvalue weighted by Crippen LogP contribution is 2.24. The Labute approximate surface area is 149 Å². The van der Waals surface area contributed by atoms with Crippen molar-refractivity contribution in [2.24, 2.45) is 11.7 Å². The molecule has 2 saturated heterocycles. The van der Waals surface area contributed by atoms with E-state index >= 15 is 0 Å². The van der Waals surface area contributed by atoms with Crippen molar-refractivity contribution in [2.75, 3.05) is 39.3 Å². The van der Waals surface area contributed by atoms with Crippen LogP contribution in [0.15, 0.2) is 24.3 Å². The Bertz CT molecular complexity index is 640. The van der Waals surface area contributed by atoms with Gasteiger partial charge < -0.3 is 10.6 Å². The summed E-state index contributed by atoms with van der Waals surface area (Å²) >= 11 is 0. The SMILES string of the molecule is CC(=O)N1CCN([C@@H]2CN(Cc3cccc(C(N)=O)c3)C[C@H]2C)CC1. The summed E-state index contributed by atoms with van der Waals surface area (Å²) in [5.41, 5.74) is 7.08. The summed E-state index contributed by atoms with van der Waals surface area (Å²) < 4.78 is 0. The Hall–Kier alpha value is -1.92. The fourth-order valence-electron chi connectivity index (χ4n) is 4.10. The van der Waals surface area contributed by atoms with Crippen LogP contribution in [0.5, 0.6) is 0 Å². The quantitative estimate of drug-likeness (QED) is 0.876. The first-order chi connectivity index (χ1) is 11.9. The van der Waals surface area contributed by atoms with E-state index in [1.165, 1.54) is 0 Å². The highest BCUT2D eigenvalue weighted by molar-refractivity contribution is 5.92. The lowest BCUT2D eigenvalue weighted by atomic mass is 10.0. The van der Waals surface area contributed by atoms with E-state index in [9.17, 15) is 9.59 Å². The van der Waals surface area contributed by atoms with Crippen LogP contribution in [0.25, 0.3) is 0 Å². The first kappa shape index (κ1) is 17.9. The molecule has 0 radical (unpaired) electrons. The lowest BCUT2D eigenvalue weighted by molar-refractivity contribution is -0.130. The zero-order valence-corrected chi connectivity index (χ0v) is 15.1. The third kappa shape index (κ3) is 4.19. The summed E-state index contributed by atoms with van der Waals surface area (Å²) in [6.45, 7) is 10.5. The van der Waals surface area contributed by atoms with Crippen LogP contribution in [0.4, 0.5) is 0 Å². The summed E-state index contributed by atoms with van der Waals surface area (Å²) in [7, 11) is 0. The molecule has 1 aromatic rings. The van der Waals surface area contributed by atoms with Crippen molar-refractivity contribution >= 4 is 11.8 Å². The van der Waals surface area contributed by atoms with Crippen molar-refractivity contribution in [2.45, 2.75) is 26.4 Å². The Morgan fingerprint density at radius 2 is 1.88 bits per heavy atom. The van der Waals surface area contributed by atoms with Crippen molar-refractivity contribution in [3.8, 4) is 0 Å². The van der Waals surface area contributed by atoms with Gasteiger partial charge >= 0.3 is 0 Å². The van der Waals surface area contributed by atoms with Crippen LogP contribution >= 0.6 is 0 Å². The van der Waals surface area contributed by atoms with Crippen LogP contribution in [-0.2, 0) is 11.3 Å². The van der Waals surface area contributed by atoms with E-state index in [-0.39, 0.29) is 11.8 Å². The number of hydrogen-bond acceptors (Lipinski definition) is 4. The summed E-state index contributed by atoms with van der Waals surface area (Å²) in [5.74, 6) is 0.399. The predicted molar refractivity (Wildman–Crippen MR) is 97.0 cm³/mol. The van der Waals surface area contributed by atoms with Crippen LogP contribution in [-0.4, -0.2) is 71.8 Å². The fourth-order valence-corrected chi connectivity index (χ4v) is 4.10. The second-order valence-electron chi connectivity index (χ2n) is 7.35. The van der Waals surface area contributed by atoms with Gasteiger partial charge in [-0.25, -0.2) is 0 Å². The molecular formula is C19H28N4O2. The van der Waals surface area contributed by atoms with E-state index in [1.807, 2.05) is 17.0 Å². The maximum Gasteiger partial charge on any atom is 0.248 e. The van der Waals surface area contributed by atoms with Crippen molar-refractivity contribution < 1.29 is 9.59 Å². The summed E-state index contributed by atoms with van der Waals surface area (Å²) in [6.07, 6.45) is 0. The average molecular weight is 344 g/mol. The molecule has 0 saturated carbocycles. The van der Waals surface area contributed by atoms with Gasteiger partial charge in [0.05, 0.1) is 0 Å². The van der Waals surface area contributed by atoms with Gasteiger partial charge in [-0.15, -0.1) is 0 Å². The predicted octanol–water partition coefficient (Wildman–Crippen LogP) is 0.770. The van der Waals surface area contributed by atoms with Gasteiger partial charge in [0.15, 0.2) is 0 Å². The molecule has 2 amide bonds. The van der Waals surface area contributed by atoms with Crippen molar-refractivity contribution in [3.63, 3.8) is 0 Å². The van der Waals surface area contributed by atoms with Crippen LogP contribution < -0.4 is 5.73 Å². The fraction of sp³-hybridized carbons (Fsp3) is 0.579. The topological polar surface area (TPSA) is 69.9 Å². The lowest BCUT2D eigenvalue weighted by Crippen LogP contribution is -2.53. The number of carbonyl (C=O) groups excluding carboxylic acids is 2. The lowest BCUT2D eigenvalue weighted by Gasteiger charge is -2.39. The zero-order valence-electron chi connectivity index (χ0n) is 15.1. The number of amides is 2. The number of carbonyl (C=O) groups is 2. The summed E-state index contributed by atoms with van der Waals surface area (Å²) in [4.78, 5) is 29.8. The number of primary amides is 1. The molecule has 2 heterocycles. The van der Waals surface area contributed by atoms with Crippen LogP contribution in [0.1, 0.15) is 29.8 Å². The molecule has 0 aliphatic carbocycles. The van der Waals surface area contributed by atoms with Gasteiger partial charge in [-0.3, -0.25) is 19.4 Å². The number of likely N-dealkylation sites (tertiary alicyclic amines) is 1. The molecule has 25 heavy (non-hydrogen) atoms. The maximum atomic E-state index is 11.5. The molecule has 2 fully saturated rings. The Balaban J connectivity index is 1.57. The molecule has 0 unspecified atom stereocenters. The van der Waals surface area contributed by atoms with Crippen molar-refractivity contribution in [1.29, 1.82) is 0 Å². The highest BCUT2D eigenvalue weighted by atomic mass is 16.2. The molecule has 136 valence electrons. The zero-order chi connectivity index (χ0) is 18.0. The molecule has 2 atom stereocenters. The van der Waals surface area contributed by atoms with Gasteiger partial charge in [-0.2, -0.15) is 0 Å². The smallest absolute Gasteiger partial charge is 0.248 e. The first-order valence-electron chi connectivity index (χ1n) is 9.04. The van der Waals surface area contributed by atoms with Gasteiger partial charge in [0, 0.05) is 64.3 Å². The number of nitrogens with zero attached hydrogens (tertiary/aromatic N) is 3. The Morgan fingerprint density at radius 3 is 2.52 bits per heavy atom. The second kappa shape index (κ2) is 7.54. The maximum absolute atomic E-state index is 11.5. The molecule has 2 N–H and O–H groups in total. The van der Waals surface area contributed by atoms with E-state index in [4.69, 9.17) is 5.73 Å². The molecule has 0 bridgehead atoms. The molecular weight excluding hydrogens is 316 g/mol. The van der Waals surface area contributed by atoms with Crippen LogP contribution in [0, 0.1) is 5.92 Å². The summed E-state index contributed by atoms with van der Waals surface area (Å²) in [5, 5.41) is 0. The van der Waals surface area contributed by atoms with E-state index < -0.39 is 0 Å². The molecule has 3 rings (SSSR count). The molecule has 6 nitrogen and oxygen atoms in total. The highest BCUT2D eigenvalue weighted by Gasteiger charge is 2.35. The van der Waals surface area contributed by atoms with Crippen molar-refractivity contribution in [3.05, 3.63) is 35.4 Å². The minimum absolute atomic E-state index is 0.176.